The third kappa shape index (κ3) is 8.25. The van der Waals surface area contributed by atoms with Crippen molar-refractivity contribution < 1.29 is 18.0 Å². The number of sulfonamides is 1. The molecule has 45 heavy (non-hydrogen) atoms. The van der Waals surface area contributed by atoms with Gasteiger partial charge < -0.3 is 10.2 Å². The Balaban J connectivity index is 1.56. The molecule has 0 bridgehead atoms. The van der Waals surface area contributed by atoms with Crippen molar-refractivity contribution in [3.8, 4) is 0 Å². The van der Waals surface area contributed by atoms with Crippen molar-refractivity contribution in [2.45, 2.75) is 55.6 Å². The highest BCUT2D eigenvalue weighted by Gasteiger charge is 2.35. The highest BCUT2D eigenvalue weighted by atomic mass is 35.5. The molecule has 1 fully saturated rings. The minimum absolute atomic E-state index is 0.0116. The minimum atomic E-state index is -4.20. The van der Waals surface area contributed by atoms with Crippen molar-refractivity contribution in [3.63, 3.8) is 0 Å². The maximum absolute atomic E-state index is 14.5. The van der Waals surface area contributed by atoms with E-state index in [-0.39, 0.29) is 29.8 Å². The molecule has 1 aliphatic carbocycles. The van der Waals surface area contributed by atoms with Crippen molar-refractivity contribution in [2.24, 2.45) is 0 Å². The van der Waals surface area contributed by atoms with E-state index in [9.17, 15) is 18.0 Å². The van der Waals surface area contributed by atoms with Gasteiger partial charge in [0.25, 0.3) is 10.0 Å². The van der Waals surface area contributed by atoms with Crippen LogP contribution >= 0.6 is 23.2 Å². The first kappa shape index (κ1) is 32.5. The van der Waals surface area contributed by atoms with Gasteiger partial charge in [0.1, 0.15) is 12.6 Å². The number of halogens is 2. The molecule has 4 aromatic rings. The Bertz CT molecular complexity index is 1700. The predicted octanol–water partition coefficient (Wildman–Crippen LogP) is 6.89. The third-order valence-corrected chi connectivity index (χ3v) is 10.4. The molecule has 2 amide bonds. The number of para-hydroxylation sites is 1. The summed E-state index contributed by atoms with van der Waals surface area (Å²) in [5.41, 5.74) is 1.83. The minimum Gasteiger partial charge on any atom is -0.352 e. The van der Waals surface area contributed by atoms with Crippen LogP contribution in [0.1, 0.15) is 36.8 Å². The van der Waals surface area contributed by atoms with E-state index in [0.29, 0.717) is 21.3 Å². The number of hydrogen-bond acceptors (Lipinski definition) is 4. The molecule has 5 rings (SSSR count). The zero-order valence-corrected chi connectivity index (χ0v) is 27.0. The second kappa shape index (κ2) is 15.0. The molecule has 0 spiro atoms. The fraction of sp³-hybridized carbons (Fsp3) is 0.257. The largest absolute Gasteiger partial charge is 0.352 e. The van der Waals surface area contributed by atoms with Gasteiger partial charge >= 0.3 is 0 Å². The number of anilines is 1. The fourth-order valence-electron chi connectivity index (χ4n) is 5.59. The van der Waals surface area contributed by atoms with Crippen LogP contribution in [-0.2, 0) is 32.6 Å². The van der Waals surface area contributed by atoms with Crippen molar-refractivity contribution >= 4 is 50.7 Å². The van der Waals surface area contributed by atoms with Gasteiger partial charge in [0.05, 0.1) is 10.6 Å². The monoisotopic (exact) mass is 663 g/mol. The summed E-state index contributed by atoms with van der Waals surface area (Å²) in [6, 6.07) is 30.0. The molecule has 234 valence electrons. The van der Waals surface area contributed by atoms with Gasteiger partial charge in [-0.1, -0.05) is 103 Å². The maximum Gasteiger partial charge on any atom is 0.264 e. The molecular formula is C35H35Cl2N3O4S. The van der Waals surface area contributed by atoms with Gasteiger partial charge in [0.15, 0.2) is 0 Å². The van der Waals surface area contributed by atoms with Gasteiger partial charge in [0.2, 0.25) is 11.8 Å². The SMILES string of the molecule is O=C(NC1CCCC1)[C@H](Cc1ccccc1)N(Cc1ccccc1Cl)C(=O)CN(c1ccccc1)S(=O)(=O)c1ccc(Cl)cc1. The summed E-state index contributed by atoms with van der Waals surface area (Å²) in [6.07, 6.45) is 4.06. The highest BCUT2D eigenvalue weighted by molar-refractivity contribution is 7.92. The summed E-state index contributed by atoms with van der Waals surface area (Å²) < 4.78 is 29.2. The molecule has 7 nitrogen and oxygen atoms in total. The van der Waals surface area contributed by atoms with Crippen LogP contribution in [0.2, 0.25) is 10.0 Å². The number of nitrogens with one attached hydrogen (secondary N) is 1. The molecule has 10 heteroatoms. The summed E-state index contributed by atoms with van der Waals surface area (Å²) in [4.78, 5) is 30.0. The predicted molar refractivity (Wildman–Crippen MR) is 179 cm³/mol. The van der Waals surface area contributed by atoms with Crippen LogP contribution in [0.3, 0.4) is 0 Å². The number of carbonyl (C=O) groups excluding carboxylic acids is 2. The average Bonchev–Trinajstić information content (AvgIpc) is 3.56. The quantitative estimate of drug-likeness (QED) is 0.179. The Kier molecular flexibility index (Phi) is 10.8. The molecule has 0 unspecified atom stereocenters. The lowest BCUT2D eigenvalue weighted by Gasteiger charge is -2.34. The van der Waals surface area contributed by atoms with E-state index < -0.39 is 28.5 Å². The Morgan fingerprint density at radius 3 is 2.04 bits per heavy atom. The van der Waals surface area contributed by atoms with Crippen LogP contribution in [-0.4, -0.2) is 43.8 Å². The number of amides is 2. The first-order valence-electron chi connectivity index (χ1n) is 14.9. The van der Waals surface area contributed by atoms with E-state index in [1.165, 1.54) is 29.2 Å². The molecule has 1 atom stereocenters. The number of rotatable bonds is 12. The third-order valence-electron chi connectivity index (χ3n) is 8.00. The topological polar surface area (TPSA) is 86.8 Å². The number of nitrogens with zero attached hydrogens (tertiary/aromatic N) is 2. The zero-order chi connectivity index (χ0) is 31.8. The second-order valence-electron chi connectivity index (χ2n) is 11.1. The Hall–Kier alpha value is -3.85. The van der Waals surface area contributed by atoms with Crippen LogP contribution in [0.4, 0.5) is 5.69 Å². The summed E-state index contributed by atoms with van der Waals surface area (Å²) in [7, 11) is -4.20. The number of benzene rings is 4. The Morgan fingerprint density at radius 1 is 0.800 bits per heavy atom. The van der Waals surface area contributed by atoms with Gasteiger partial charge in [0, 0.05) is 29.1 Å². The van der Waals surface area contributed by atoms with E-state index in [4.69, 9.17) is 23.2 Å². The second-order valence-corrected chi connectivity index (χ2v) is 13.8. The molecule has 0 heterocycles. The zero-order valence-electron chi connectivity index (χ0n) is 24.7. The summed E-state index contributed by atoms with van der Waals surface area (Å²) in [5.74, 6) is -0.822. The Morgan fingerprint density at radius 2 is 1.40 bits per heavy atom. The van der Waals surface area contributed by atoms with Crippen LogP contribution in [0.25, 0.3) is 0 Å². The van der Waals surface area contributed by atoms with Gasteiger partial charge in [-0.05, 0) is 66.4 Å². The molecule has 0 aliphatic heterocycles. The first-order chi connectivity index (χ1) is 21.7. The summed E-state index contributed by atoms with van der Waals surface area (Å²) in [6.45, 7) is -0.529. The van der Waals surface area contributed by atoms with Crippen molar-refractivity contribution in [2.75, 3.05) is 10.8 Å². The van der Waals surface area contributed by atoms with E-state index in [1.54, 1.807) is 48.5 Å². The molecule has 1 N–H and O–H groups in total. The molecule has 1 aliphatic rings. The molecule has 1 saturated carbocycles. The van der Waals surface area contributed by atoms with Gasteiger partial charge in [-0.15, -0.1) is 0 Å². The Labute approximate surface area is 274 Å². The molecule has 4 aromatic carbocycles. The summed E-state index contributed by atoms with van der Waals surface area (Å²) in [5, 5.41) is 4.00. The lowest BCUT2D eigenvalue weighted by Crippen LogP contribution is -2.54. The molecule has 0 radical (unpaired) electrons. The average molecular weight is 665 g/mol. The van der Waals surface area contributed by atoms with Crippen LogP contribution in [0.15, 0.2) is 114 Å². The number of hydrogen-bond donors (Lipinski definition) is 1. The van der Waals surface area contributed by atoms with E-state index >= 15 is 0 Å². The van der Waals surface area contributed by atoms with Crippen molar-refractivity contribution in [1.82, 2.24) is 10.2 Å². The molecular weight excluding hydrogens is 629 g/mol. The number of carbonyl (C=O) groups is 2. The molecule has 0 saturated heterocycles. The maximum atomic E-state index is 14.5. The van der Waals surface area contributed by atoms with Gasteiger partial charge in [-0.3, -0.25) is 13.9 Å². The lowest BCUT2D eigenvalue weighted by molar-refractivity contribution is -0.140. The van der Waals surface area contributed by atoms with Gasteiger partial charge in [-0.2, -0.15) is 0 Å². The van der Waals surface area contributed by atoms with E-state index in [2.05, 4.69) is 5.32 Å². The summed E-state index contributed by atoms with van der Waals surface area (Å²) >= 11 is 12.6. The van der Waals surface area contributed by atoms with Crippen LogP contribution in [0.5, 0.6) is 0 Å². The standard InChI is InChI=1S/C35H35Cl2N3O4S/c36-28-19-21-31(22-20-28)45(43,44)40(30-16-5-2-6-17-30)25-34(41)39(24-27-13-7-10-18-32(27)37)33(23-26-11-3-1-4-12-26)35(42)38-29-14-8-9-15-29/h1-7,10-13,16-22,29,33H,8-9,14-15,23-25H2,(H,38,42)/t33-/m0/s1. The highest BCUT2D eigenvalue weighted by Crippen LogP contribution is 2.27. The van der Waals surface area contributed by atoms with E-state index in [0.717, 1.165) is 35.6 Å². The van der Waals surface area contributed by atoms with E-state index in [1.807, 2.05) is 36.4 Å². The fourth-order valence-corrected chi connectivity index (χ4v) is 7.32. The van der Waals surface area contributed by atoms with Crippen molar-refractivity contribution in [1.29, 1.82) is 0 Å². The van der Waals surface area contributed by atoms with Gasteiger partial charge in [-0.25, -0.2) is 8.42 Å². The first-order valence-corrected chi connectivity index (χ1v) is 17.1. The van der Waals surface area contributed by atoms with Crippen LogP contribution < -0.4 is 9.62 Å². The lowest BCUT2D eigenvalue weighted by atomic mass is 10.0. The van der Waals surface area contributed by atoms with Crippen molar-refractivity contribution in [3.05, 3.63) is 130 Å². The normalized spacial score (nSPS) is 14.1. The van der Waals surface area contributed by atoms with Crippen LogP contribution in [0, 0.1) is 0 Å². The smallest absolute Gasteiger partial charge is 0.264 e. The molecule has 0 aromatic heterocycles.